The Kier molecular flexibility index (Phi) is 5.19. The van der Waals surface area contributed by atoms with Crippen LogP contribution in [0, 0.1) is 5.41 Å². The SMILES string of the molecule is CC1(CCCOC(=O)/C=C\C(=O)O)CCCC1. The molecule has 1 fully saturated rings. The number of hydrogen-bond acceptors (Lipinski definition) is 3. The molecular weight excluding hydrogens is 220 g/mol. The van der Waals surface area contributed by atoms with Crippen molar-refractivity contribution >= 4 is 11.9 Å². The van der Waals surface area contributed by atoms with Crippen molar-refractivity contribution in [3.8, 4) is 0 Å². The minimum Gasteiger partial charge on any atom is -0.478 e. The average Bonchev–Trinajstić information content (AvgIpc) is 2.69. The van der Waals surface area contributed by atoms with E-state index in [1.165, 1.54) is 25.7 Å². The van der Waals surface area contributed by atoms with Crippen LogP contribution in [0.1, 0.15) is 45.4 Å². The van der Waals surface area contributed by atoms with Crippen molar-refractivity contribution in [2.24, 2.45) is 5.41 Å². The number of carboxylic acid groups (broad SMARTS) is 1. The summed E-state index contributed by atoms with van der Waals surface area (Å²) in [6.45, 7) is 2.66. The highest BCUT2D eigenvalue weighted by molar-refractivity contribution is 5.90. The number of carboxylic acids is 1. The van der Waals surface area contributed by atoms with Gasteiger partial charge in [0, 0.05) is 12.2 Å². The third kappa shape index (κ3) is 5.52. The number of esters is 1. The highest BCUT2D eigenvalue weighted by atomic mass is 16.5. The molecule has 0 aromatic heterocycles. The summed E-state index contributed by atoms with van der Waals surface area (Å²) in [7, 11) is 0. The number of hydrogen-bond donors (Lipinski definition) is 1. The first-order chi connectivity index (χ1) is 8.02. The van der Waals surface area contributed by atoms with Gasteiger partial charge in [0.15, 0.2) is 0 Å². The molecule has 0 aromatic carbocycles. The summed E-state index contributed by atoms with van der Waals surface area (Å²) in [5.41, 5.74) is 0.420. The molecule has 17 heavy (non-hydrogen) atoms. The van der Waals surface area contributed by atoms with Gasteiger partial charge in [0.2, 0.25) is 0 Å². The van der Waals surface area contributed by atoms with Crippen molar-refractivity contribution in [1.29, 1.82) is 0 Å². The second-order valence-corrected chi connectivity index (χ2v) is 4.96. The molecule has 1 aliphatic rings. The molecule has 1 saturated carbocycles. The van der Waals surface area contributed by atoms with Crippen LogP contribution >= 0.6 is 0 Å². The van der Waals surface area contributed by atoms with Gasteiger partial charge in [0.05, 0.1) is 6.61 Å². The van der Waals surface area contributed by atoms with Gasteiger partial charge in [0.1, 0.15) is 0 Å². The zero-order chi connectivity index (χ0) is 12.7. The Morgan fingerprint density at radius 3 is 2.53 bits per heavy atom. The molecule has 0 radical (unpaired) electrons. The molecule has 0 aliphatic heterocycles. The van der Waals surface area contributed by atoms with Crippen LogP contribution in [-0.4, -0.2) is 23.7 Å². The summed E-state index contributed by atoms with van der Waals surface area (Å²) >= 11 is 0. The second-order valence-electron chi connectivity index (χ2n) is 4.96. The summed E-state index contributed by atoms with van der Waals surface area (Å²) in [4.78, 5) is 21.2. The molecule has 1 N–H and O–H groups in total. The normalized spacial score (nSPS) is 18.4. The van der Waals surface area contributed by atoms with E-state index in [1.807, 2.05) is 0 Å². The Labute approximate surface area is 102 Å². The topological polar surface area (TPSA) is 63.6 Å². The number of carbonyl (C=O) groups is 2. The van der Waals surface area contributed by atoms with Crippen molar-refractivity contribution < 1.29 is 19.4 Å². The largest absolute Gasteiger partial charge is 0.478 e. The van der Waals surface area contributed by atoms with Crippen LogP contribution in [0.15, 0.2) is 12.2 Å². The van der Waals surface area contributed by atoms with Gasteiger partial charge in [-0.2, -0.15) is 0 Å². The van der Waals surface area contributed by atoms with Crippen LogP contribution < -0.4 is 0 Å². The van der Waals surface area contributed by atoms with Crippen LogP contribution in [0.25, 0.3) is 0 Å². The zero-order valence-corrected chi connectivity index (χ0v) is 10.3. The fraction of sp³-hybridized carbons (Fsp3) is 0.692. The molecule has 0 atom stereocenters. The predicted molar refractivity (Wildman–Crippen MR) is 63.5 cm³/mol. The standard InChI is InChI=1S/C13H20O4/c1-13(7-2-3-8-13)9-4-10-17-12(16)6-5-11(14)15/h5-6H,2-4,7-10H2,1H3,(H,14,15)/b6-5-. The molecule has 0 spiro atoms. The van der Waals surface area contributed by atoms with Gasteiger partial charge in [-0.25, -0.2) is 9.59 Å². The number of ether oxygens (including phenoxy) is 1. The molecule has 0 bridgehead atoms. The number of carbonyl (C=O) groups excluding carboxylic acids is 1. The van der Waals surface area contributed by atoms with E-state index in [-0.39, 0.29) is 0 Å². The minimum atomic E-state index is -1.14. The first-order valence-corrected chi connectivity index (χ1v) is 6.10. The fourth-order valence-corrected chi connectivity index (χ4v) is 2.34. The summed E-state index contributed by atoms with van der Waals surface area (Å²) in [5, 5.41) is 8.32. The Morgan fingerprint density at radius 2 is 1.94 bits per heavy atom. The highest BCUT2D eigenvalue weighted by Crippen LogP contribution is 2.41. The first-order valence-electron chi connectivity index (χ1n) is 6.10. The third-order valence-corrected chi connectivity index (χ3v) is 3.34. The van der Waals surface area contributed by atoms with Gasteiger partial charge in [-0.1, -0.05) is 19.8 Å². The van der Waals surface area contributed by atoms with E-state index in [0.717, 1.165) is 25.0 Å². The minimum absolute atomic E-state index is 0.373. The fourth-order valence-electron chi connectivity index (χ4n) is 2.34. The van der Waals surface area contributed by atoms with E-state index in [2.05, 4.69) is 6.92 Å². The molecule has 0 saturated heterocycles. The predicted octanol–water partition coefficient (Wildman–Crippen LogP) is 2.53. The van der Waals surface area contributed by atoms with Crippen molar-refractivity contribution in [3.05, 3.63) is 12.2 Å². The molecule has 0 amide bonds. The van der Waals surface area contributed by atoms with E-state index in [0.29, 0.717) is 12.0 Å². The van der Waals surface area contributed by atoms with E-state index in [1.54, 1.807) is 0 Å². The lowest BCUT2D eigenvalue weighted by atomic mass is 9.84. The summed E-state index contributed by atoms with van der Waals surface area (Å²) in [5.74, 6) is -1.72. The van der Waals surface area contributed by atoms with Crippen LogP contribution in [0.5, 0.6) is 0 Å². The Balaban J connectivity index is 2.11. The van der Waals surface area contributed by atoms with Gasteiger partial charge in [-0.05, 0) is 31.1 Å². The Morgan fingerprint density at radius 1 is 1.29 bits per heavy atom. The number of aliphatic carboxylic acids is 1. The summed E-state index contributed by atoms with van der Waals surface area (Å²) in [6, 6.07) is 0. The van der Waals surface area contributed by atoms with Crippen LogP contribution in [0.2, 0.25) is 0 Å². The van der Waals surface area contributed by atoms with Gasteiger partial charge < -0.3 is 9.84 Å². The van der Waals surface area contributed by atoms with E-state index < -0.39 is 11.9 Å². The summed E-state index contributed by atoms with van der Waals surface area (Å²) in [6.07, 6.45) is 8.79. The molecule has 0 heterocycles. The first kappa shape index (κ1) is 13.7. The maximum absolute atomic E-state index is 11.1. The van der Waals surface area contributed by atoms with Crippen LogP contribution in [0.3, 0.4) is 0 Å². The van der Waals surface area contributed by atoms with Crippen molar-refractivity contribution in [2.45, 2.75) is 45.4 Å². The molecule has 1 aliphatic carbocycles. The number of rotatable bonds is 6. The average molecular weight is 240 g/mol. The van der Waals surface area contributed by atoms with Gasteiger partial charge >= 0.3 is 11.9 Å². The highest BCUT2D eigenvalue weighted by Gasteiger charge is 2.27. The molecular formula is C13H20O4. The summed E-state index contributed by atoms with van der Waals surface area (Å²) < 4.78 is 4.91. The maximum atomic E-state index is 11.1. The maximum Gasteiger partial charge on any atom is 0.331 e. The smallest absolute Gasteiger partial charge is 0.331 e. The lowest BCUT2D eigenvalue weighted by Gasteiger charge is -2.22. The van der Waals surface area contributed by atoms with Crippen molar-refractivity contribution in [2.75, 3.05) is 6.61 Å². The molecule has 96 valence electrons. The van der Waals surface area contributed by atoms with Gasteiger partial charge in [-0.3, -0.25) is 0 Å². The lowest BCUT2D eigenvalue weighted by Crippen LogP contribution is -2.12. The molecule has 1 rings (SSSR count). The Hall–Kier alpha value is -1.32. The monoisotopic (exact) mass is 240 g/mol. The third-order valence-electron chi connectivity index (χ3n) is 3.34. The second kappa shape index (κ2) is 6.42. The molecule has 0 aromatic rings. The quantitative estimate of drug-likeness (QED) is 0.440. The Bertz CT molecular complexity index is 301. The lowest BCUT2D eigenvalue weighted by molar-refractivity contribution is -0.139. The van der Waals surface area contributed by atoms with E-state index >= 15 is 0 Å². The van der Waals surface area contributed by atoms with Crippen molar-refractivity contribution in [3.63, 3.8) is 0 Å². The van der Waals surface area contributed by atoms with Gasteiger partial charge in [-0.15, -0.1) is 0 Å². The van der Waals surface area contributed by atoms with Crippen molar-refractivity contribution in [1.82, 2.24) is 0 Å². The van der Waals surface area contributed by atoms with E-state index in [4.69, 9.17) is 9.84 Å². The van der Waals surface area contributed by atoms with Crippen LogP contribution in [-0.2, 0) is 14.3 Å². The molecule has 4 nitrogen and oxygen atoms in total. The molecule has 0 unspecified atom stereocenters. The van der Waals surface area contributed by atoms with Gasteiger partial charge in [0.25, 0.3) is 0 Å². The van der Waals surface area contributed by atoms with E-state index in [9.17, 15) is 9.59 Å². The van der Waals surface area contributed by atoms with Crippen LogP contribution in [0.4, 0.5) is 0 Å². The zero-order valence-electron chi connectivity index (χ0n) is 10.3. The molecule has 4 heteroatoms.